The summed E-state index contributed by atoms with van der Waals surface area (Å²) < 4.78 is 0. The lowest BCUT2D eigenvalue weighted by molar-refractivity contribution is -0.134. The van der Waals surface area contributed by atoms with Crippen LogP contribution in [0.3, 0.4) is 0 Å². The first-order valence-electron chi connectivity index (χ1n) is 8.75. The van der Waals surface area contributed by atoms with Crippen molar-refractivity contribution in [2.45, 2.75) is 57.8 Å². The van der Waals surface area contributed by atoms with Crippen LogP contribution in [0.25, 0.3) is 0 Å². The van der Waals surface area contributed by atoms with Crippen molar-refractivity contribution < 1.29 is 19.5 Å². The van der Waals surface area contributed by atoms with Crippen LogP contribution in [0.15, 0.2) is 30.3 Å². The zero-order valence-electron chi connectivity index (χ0n) is 15.9. The van der Waals surface area contributed by atoms with Crippen molar-refractivity contribution in [2.24, 2.45) is 0 Å². The standard InChI is InChI=1S/C19H28N4O4/c1-13(24)23-19(2,3)18(27)22-16(10-9-15(25)11-20)17(26)21-12-14-7-5-4-6-8-14/h4-8,11,15-16,20,25H,9-10,12H2,1-3H3,(H,21,26)(H,22,27)(H,23,24)/t15?,16-/m0/s1. The van der Waals surface area contributed by atoms with Crippen LogP contribution in [-0.2, 0) is 20.9 Å². The van der Waals surface area contributed by atoms with Crippen LogP contribution in [0.1, 0.15) is 39.2 Å². The normalized spacial score (nSPS) is 13.2. The molecule has 0 spiro atoms. The summed E-state index contributed by atoms with van der Waals surface area (Å²) in [6.07, 6.45) is 0.184. The maximum atomic E-state index is 12.6. The predicted molar refractivity (Wildman–Crippen MR) is 102 cm³/mol. The highest BCUT2D eigenvalue weighted by Crippen LogP contribution is 2.07. The third-order valence-corrected chi connectivity index (χ3v) is 3.93. The van der Waals surface area contributed by atoms with Gasteiger partial charge in [0.15, 0.2) is 0 Å². The third-order valence-electron chi connectivity index (χ3n) is 3.93. The van der Waals surface area contributed by atoms with E-state index in [9.17, 15) is 19.5 Å². The van der Waals surface area contributed by atoms with E-state index in [4.69, 9.17) is 5.41 Å². The van der Waals surface area contributed by atoms with Crippen molar-refractivity contribution >= 4 is 23.9 Å². The van der Waals surface area contributed by atoms with Gasteiger partial charge in [0.25, 0.3) is 0 Å². The minimum Gasteiger partial charge on any atom is -0.387 e. The molecule has 0 aliphatic heterocycles. The van der Waals surface area contributed by atoms with E-state index < -0.39 is 29.5 Å². The van der Waals surface area contributed by atoms with Crippen LogP contribution in [0.4, 0.5) is 0 Å². The monoisotopic (exact) mass is 376 g/mol. The van der Waals surface area contributed by atoms with Gasteiger partial charge in [-0.15, -0.1) is 0 Å². The molecule has 148 valence electrons. The van der Waals surface area contributed by atoms with Gasteiger partial charge in [0.2, 0.25) is 17.7 Å². The van der Waals surface area contributed by atoms with Crippen LogP contribution in [0.5, 0.6) is 0 Å². The first-order chi connectivity index (χ1) is 12.7. The summed E-state index contributed by atoms with van der Waals surface area (Å²) in [4.78, 5) is 36.3. The number of nitrogens with one attached hydrogen (secondary N) is 4. The number of rotatable bonds is 10. The molecule has 0 fully saturated rings. The summed E-state index contributed by atoms with van der Waals surface area (Å²) in [6, 6.07) is 8.42. The summed E-state index contributed by atoms with van der Waals surface area (Å²) in [5.41, 5.74) is -0.279. The largest absolute Gasteiger partial charge is 0.387 e. The number of amides is 3. The van der Waals surface area contributed by atoms with Crippen LogP contribution in [0, 0.1) is 5.41 Å². The molecule has 1 aromatic carbocycles. The highest BCUT2D eigenvalue weighted by Gasteiger charge is 2.32. The second kappa shape index (κ2) is 10.4. The molecule has 0 bridgehead atoms. The molecule has 3 amide bonds. The van der Waals surface area contributed by atoms with Gasteiger partial charge in [0, 0.05) is 19.7 Å². The summed E-state index contributed by atoms with van der Waals surface area (Å²) >= 11 is 0. The Balaban J connectivity index is 2.78. The van der Waals surface area contributed by atoms with E-state index in [1.807, 2.05) is 30.3 Å². The van der Waals surface area contributed by atoms with Crippen LogP contribution >= 0.6 is 0 Å². The van der Waals surface area contributed by atoms with Gasteiger partial charge in [0.05, 0.1) is 6.10 Å². The molecule has 1 unspecified atom stereocenters. The lowest BCUT2D eigenvalue weighted by Gasteiger charge is -2.27. The number of hydrogen-bond donors (Lipinski definition) is 5. The fraction of sp³-hybridized carbons (Fsp3) is 0.474. The second-order valence-electron chi connectivity index (χ2n) is 6.85. The molecule has 0 aromatic heterocycles. The number of benzene rings is 1. The van der Waals surface area contributed by atoms with Crippen LogP contribution in [-0.4, -0.2) is 46.7 Å². The molecule has 0 aliphatic rings. The van der Waals surface area contributed by atoms with Crippen molar-refractivity contribution in [2.75, 3.05) is 0 Å². The topological polar surface area (TPSA) is 131 Å². The number of aliphatic hydroxyl groups excluding tert-OH is 1. The van der Waals surface area contributed by atoms with E-state index >= 15 is 0 Å². The summed E-state index contributed by atoms with van der Waals surface area (Å²) in [5, 5.41) is 24.5. The van der Waals surface area contributed by atoms with Crippen molar-refractivity contribution in [3.8, 4) is 0 Å². The zero-order valence-corrected chi connectivity index (χ0v) is 15.9. The van der Waals surface area contributed by atoms with Gasteiger partial charge in [-0.25, -0.2) is 0 Å². The summed E-state index contributed by atoms with van der Waals surface area (Å²) in [7, 11) is 0. The zero-order chi connectivity index (χ0) is 20.4. The van der Waals surface area contributed by atoms with Gasteiger partial charge in [-0.3, -0.25) is 14.4 Å². The summed E-state index contributed by atoms with van der Waals surface area (Å²) in [5.74, 6) is -1.27. The van der Waals surface area contributed by atoms with E-state index in [1.54, 1.807) is 0 Å². The van der Waals surface area contributed by atoms with Gasteiger partial charge < -0.3 is 26.5 Å². The fourth-order valence-electron chi connectivity index (χ4n) is 2.43. The summed E-state index contributed by atoms with van der Waals surface area (Å²) in [6.45, 7) is 4.68. The SMILES string of the molecule is CC(=O)NC(C)(C)C(=O)N[C@@H](CCC(O)C=N)C(=O)NCc1ccccc1. The molecule has 1 rings (SSSR count). The molecule has 0 heterocycles. The van der Waals surface area contributed by atoms with Gasteiger partial charge in [-0.2, -0.15) is 0 Å². The third kappa shape index (κ3) is 8.00. The highest BCUT2D eigenvalue weighted by molar-refractivity contribution is 5.94. The highest BCUT2D eigenvalue weighted by atomic mass is 16.3. The van der Waals surface area contributed by atoms with E-state index in [2.05, 4.69) is 16.0 Å². The van der Waals surface area contributed by atoms with Crippen molar-refractivity contribution in [3.05, 3.63) is 35.9 Å². The van der Waals surface area contributed by atoms with Gasteiger partial charge >= 0.3 is 0 Å². The average molecular weight is 376 g/mol. The second-order valence-corrected chi connectivity index (χ2v) is 6.85. The quantitative estimate of drug-likeness (QED) is 0.380. The van der Waals surface area contributed by atoms with E-state index in [0.29, 0.717) is 6.54 Å². The number of carbonyl (C=O) groups is 3. The van der Waals surface area contributed by atoms with Crippen molar-refractivity contribution in [3.63, 3.8) is 0 Å². The number of aliphatic hydroxyl groups is 1. The Morgan fingerprint density at radius 2 is 1.81 bits per heavy atom. The molecule has 0 aliphatic carbocycles. The molecule has 0 radical (unpaired) electrons. The van der Waals surface area contributed by atoms with Gasteiger partial charge in [-0.1, -0.05) is 30.3 Å². The van der Waals surface area contributed by atoms with Crippen LogP contribution < -0.4 is 16.0 Å². The smallest absolute Gasteiger partial charge is 0.245 e. The molecule has 8 nitrogen and oxygen atoms in total. The Hall–Kier alpha value is -2.74. The minimum atomic E-state index is -1.19. The number of hydrogen-bond acceptors (Lipinski definition) is 5. The molecular formula is C19H28N4O4. The molecule has 8 heteroatoms. The van der Waals surface area contributed by atoms with Gasteiger partial charge in [-0.05, 0) is 32.3 Å². The molecule has 5 N–H and O–H groups in total. The molecule has 27 heavy (non-hydrogen) atoms. The number of carbonyl (C=O) groups excluding carboxylic acids is 3. The Morgan fingerprint density at radius 3 is 2.37 bits per heavy atom. The Morgan fingerprint density at radius 1 is 1.19 bits per heavy atom. The van der Waals surface area contributed by atoms with E-state index in [1.165, 1.54) is 20.8 Å². The molecule has 2 atom stereocenters. The Kier molecular flexibility index (Phi) is 8.61. The first kappa shape index (κ1) is 22.3. The lowest BCUT2D eigenvalue weighted by atomic mass is 10.0. The van der Waals surface area contributed by atoms with Crippen molar-refractivity contribution in [1.82, 2.24) is 16.0 Å². The predicted octanol–water partition coefficient (Wildman–Crippen LogP) is 0.493. The molecule has 0 saturated carbocycles. The Bertz CT molecular complexity index is 661. The maximum absolute atomic E-state index is 12.6. The lowest BCUT2D eigenvalue weighted by Crippen LogP contribution is -2.58. The van der Waals surface area contributed by atoms with E-state index in [0.717, 1.165) is 11.8 Å². The fourth-order valence-corrected chi connectivity index (χ4v) is 2.43. The molecular weight excluding hydrogens is 348 g/mol. The van der Waals surface area contributed by atoms with E-state index in [-0.39, 0.29) is 18.7 Å². The van der Waals surface area contributed by atoms with Crippen LogP contribution in [0.2, 0.25) is 0 Å². The average Bonchev–Trinajstić information content (AvgIpc) is 2.62. The first-order valence-corrected chi connectivity index (χ1v) is 8.75. The Labute approximate surface area is 159 Å². The molecule has 0 saturated heterocycles. The van der Waals surface area contributed by atoms with Gasteiger partial charge in [0.1, 0.15) is 11.6 Å². The van der Waals surface area contributed by atoms with Crippen molar-refractivity contribution in [1.29, 1.82) is 5.41 Å². The molecule has 1 aromatic rings. The maximum Gasteiger partial charge on any atom is 0.245 e. The minimum absolute atomic E-state index is 0.147.